The normalized spacial score (nSPS) is 9.56. The molecule has 9 heavy (non-hydrogen) atoms. The standard InChI is InChI=1S/C6H9N3/c1-4-6-7-5(2)9(3)8-6/h4H,1H2,2-3H3. The second-order valence-corrected chi connectivity index (χ2v) is 1.84. The van der Waals surface area contributed by atoms with Crippen LogP contribution in [0.1, 0.15) is 11.6 Å². The van der Waals surface area contributed by atoms with Gasteiger partial charge in [-0.25, -0.2) is 4.98 Å². The summed E-state index contributed by atoms with van der Waals surface area (Å²) in [6.07, 6.45) is 1.63. The summed E-state index contributed by atoms with van der Waals surface area (Å²) in [5, 5.41) is 4.02. The van der Waals surface area contributed by atoms with Crippen LogP contribution in [0.4, 0.5) is 0 Å². The van der Waals surface area contributed by atoms with Crippen molar-refractivity contribution in [3.8, 4) is 0 Å². The predicted octanol–water partition coefficient (Wildman–Crippen LogP) is 0.767. The van der Waals surface area contributed by atoms with Gasteiger partial charge < -0.3 is 0 Å². The maximum atomic E-state index is 4.06. The van der Waals surface area contributed by atoms with Crippen molar-refractivity contribution in [3.63, 3.8) is 0 Å². The average molecular weight is 123 g/mol. The van der Waals surface area contributed by atoms with Gasteiger partial charge in [-0.05, 0) is 13.0 Å². The average Bonchev–Trinajstić information content (AvgIpc) is 2.13. The highest BCUT2D eigenvalue weighted by Crippen LogP contribution is 1.93. The Kier molecular flexibility index (Phi) is 1.34. The van der Waals surface area contributed by atoms with Gasteiger partial charge in [-0.2, -0.15) is 5.10 Å². The van der Waals surface area contributed by atoms with Crippen LogP contribution in [0.15, 0.2) is 6.58 Å². The van der Waals surface area contributed by atoms with Gasteiger partial charge in [-0.15, -0.1) is 0 Å². The summed E-state index contributed by atoms with van der Waals surface area (Å²) in [6, 6.07) is 0. The molecule has 1 heterocycles. The van der Waals surface area contributed by atoms with E-state index in [0.717, 1.165) is 5.82 Å². The molecule has 0 aromatic carbocycles. The third-order valence-corrected chi connectivity index (χ3v) is 1.18. The molecule has 1 aromatic heterocycles. The lowest BCUT2D eigenvalue weighted by atomic mass is 10.6. The molecule has 48 valence electrons. The number of hydrogen-bond donors (Lipinski definition) is 0. The Balaban J connectivity index is 3.11. The predicted molar refractivity (Wildman–Crippen MR) is 35.8 cm³/mol. The fourth-order valence-corrected chi connectivity index (χ4v) is 0.573. The number of nitrogens with zero attached hydrogens (tertiary/aromatic N) is 3. The van der Waals surface area contributed by atoms with E-state index in [1.807, 2.05) is 14.0 Å². The van der Waals surface area contributed by atoms with E-state index in [4.69, 9.17) is 0 Å². The third kappa shape index (κ3) is 0.988. The highest BCUT2D eigenvalue weighted by atomic mass is 15.3. The smallest absolute Gasteiger partial charge is 0.173 e. The second-order valence-electron chi connectivity index (χ2n) is 1.84. The van der Waals surface area contributed by atoms with E-state index in [-0.39, 0.29) is 0 Å². The van der Waals surface area contributed by atoms with Crippen molar-refractivity contribution < 1.29 is 0 Å². The zero-order valence-corrected chi connectivity index (χ0v) is 5.63. The van der Waals surface area contributed by atoms with Crippen LogP contribution in [-0.2, 0) is 7.05 Å². The van der Waals surface area contributed by atoms with Gasteiger partial charge in [0.15, 0.2) is 5.82 Å². The molecule has 0 spiro atoms. The van der Waals surface area contributed by atoms with Crippen molar-refractivity contribution in [1.29, 1.82) is 0 Å². The van der Waals surface area contributed by atoms with Gasteiger partial charge in [0.05, 0.1) is 0 Å². The Bertz CT molecular complexity index is 205. The van der Waals surface area contributed by atoms with Crippen molar-refractivity contribution in [2.24, 2.45) is 7.05 Å². The Morgan fingerprint density at radius 2 is 2.33 bits per heavy atom. The van der Waals surface area contributed by atoms with E-state index in [1.54, 1.807) is 10.8 Å². The van der Waals surface area contributed by atoms with Crippen LogP contribution < -0.4 is 0 Å². The zero-order chi connectivity index (χ0) is 6.85. The van der Waals surface area contributed by atoms with Crippen molar-refractivity contribution in [1.82, 2.24) is 14.8 Å². The monoisotopic (exact) mass is 123 g/mol. The maximum absolute atomic E-state index is 4.06. The van der Waals surface area contributed by atoms with Gasteiger partial charge in [-0.1, -0.05) is 6.58 Å². The van der Waals surface area contributed by atoms with Crippen molar-refractivity contribution in [2.45, 2.75) is 6.92 Å². The minimum Gasteiger partial charge on any atom is -0.253 e. The first kappa shape index (κ1) is 6.01. The number of rotatable bonds is 1. The Morgan fingerprint density at radius 1 is 1.67 bits per heavy atom. The number of aryl methyl sites for hydroxylation is 2. The van der Waals surface area contributed by atoms with Crippen LogP contribution in [0, 0.1) is 6.92 Å². The van der Waals surface area contributed by atoms with Crippen molar-refractivity contribution >= 4 is 6.08 Å². The molecule has 3 nitrogen and oxygen atoms in total. The van der Waals surface area contributed by atoms with Crippen LogP contribution in [0.5, 0.6) is 0 Å². The first-order chi connectivity index (χ1) is 4.24. The van der Waals surface area contributed by atoms with Gasteiger partial charge >= 0.3 is 0 Å². The summed E-state index contributed by atoms with van der Waals surface area (Å²) in [6.45, 7) is 5.45. The molecular weight excluding hydrogens is 114 g/mol. The minimum absolute atomic E-state index is 0.690. The summed E-state index contributed by atoms with van der Waals surface area (Å²) in [5.74, 6) is 1.60. The zero-order valence-electron chi connectivity index (χ0n) is 5.63. The van der Waals surface area contributed by atoms with Gasteiger partial charge in [0, 0.05) is 7.05 Å². The van der Waals surface area contributed by atoms with Crippen molar-refractivity contribution in [3.05, 3.63) is 18.2 Å². The summed E-state index contributed by atoms with van der Waals surface area (Å²) < 4.78 is 1.72. The molecule has 3 heteroatoms. The lowest BCUT2D eigenvalue weighted by Crippen LogP contribution is -1.92. The minimum atomic E-state index is 0.690. The van der Waals surface area contributed by atoms with Gasteiger partial charge in [0.25, 0.3) is 0 Å². The van der Waals surface area contributed by atoms with Gasteiger partial charge in [0.1, 0.15) is 5.82 Å². The van der Waals surface area contributed by atoms with Crippen LogP contribution in [0.2, 0.25) is 0 Å². The highest BCUT2D eigenvalue weighted by Gasteiger charge is 1.95. The molecule has 1 rings (SSSR count). The molecule has 0 amide bonds. The lowest BCUT2D eigenvalue weighted by molar-refractivity contribution is 0.733. The topological polar surface area (TPSA) is 30.7 Å². The quantitative estimate of drug-likeness (QED) is 0.552. The van der Waals surface area contributed by atoms with Gasteiger partial charge in [-0.3, -0.25) is 4.68 Å². The van der Waals surface area contributed by atoms with Crippen LogP contribution in [0.25, 0.3) is 6.08 Å². The number of hydrogen-bond acceptors (Lipinski definition) is 2. The molecule has 0 aliphatic carbocycles. The van der Waals surface area contributed by atoms with Crippen LogP contribution in [0.3, 0.4) is 0 Å². The summed E-state index contributed by atoms with van der Waals surface area (Å²) >= 11 is 0. The van der Waals surface area contributed by atoms with E-state index in [0.29, 0.717) is 5.82 Å². The molecule has 0 aliphatic heterocycles. The molecule has 0 radical (unpaired) electrons. The second kappa shape index (κ2) is 2.01. The molecule has 0 unspecified atom stereocenters. The molecular formula is C6H9N3. The largest absolute Gasteiger partial charge is 0.253 e. The maximum Gasteiger partial charge on any atom is 0.173 e. The Labute approximate surface area is 54.0 Å². The fourth-order valence-electron chi connectivity index (χ4n) is 0.573. The Hall–Kier alpha value is -1.12. The summed E-state index contributed by atoms with van der Waals surface area (Å²) in [7, 11) is 1.86. The molecule has 0 N–H and O–H groups in total. The molecule has 0 saturated carbocycles. The molecule has 1 aromatic rings. The molecule has 0 aliphatic rings. The van der Waals surface area contributed by atoms with E-state index >= 15 is 0 Å². The lowest BCUT2D eigenvalue weighted by Gasteiger charge is -1.84. The summed E-state index contributed by atoms with van der Waals surface area (Å²) in [5.41, 5.74) is 0. The van der Waals surface area contributed by atoms with E-state index in [1.165, 1.54) is 0 Å². The fraction of sp³-hybridized carbons (Fsp3) is 0.333. The molecule has 0 bridgehead atoms. The van der Waals surface area contributed by atoms with E-state index in [2.05, 4.69) is 16.7 Å². The molecule has 0 atom stereocenters. The first-order valence-corrected chi connectivity index (χ1v) is 2.74. The van der Waals surface area contributed by atoms with Crippen LogP contribution in [-0.4, -0.2) is 14.8 Å². The van der Waals surface area contributed by atoms with E-state index in [9.17, 15) is 0 Å². The Morgan fingerprint density at radius 3 is 2.56 bits per heavy atom. The first-order valence-electron chi connectivity index (χ1n) is 2.74. The van der Waals surface area contributed by atoms with Crippen molar-refractivity contribution in [2.75, 3.05) is 0 Å². The van der Waals surface area contributed by atoms with Gasteiger partial charge in [0.2, 0.25) is 0 Å². The molecule has 0 fully saturated rings. The van der Waals surface area contributed by atoms with E-state index < -0.39 is 0 Å². The third-order valence-electron chi connectivity index (χ3n) is 1.18. The van der Waals surface area contributed by atoms with Crippen LogP contribution >= 0.6 is 0 Å². The SMILES string of the molecule is C=Cc1nc(C)n(C)n1. The molecule has 0 saturated heterocycles. The highest BCUT2D eigenvalue weighted by molar-refractivity contribution is 5.34. The summed E-state index contributed by atoms with van der Waals surface area (Å²) in [4.78, 5) is 4.06. The number of aromatic nitrogens is 3.